The molecule has 0 saturated carbocycles. The van der Waals surface area contributed by atoms with Crippen LogP contribution in [0.4, 0.5) is 4.79 Å². The van der Waals surface area contributed by atoms with E-state index in [0.29, 0.717) is 6.61 Å². The molecule has 2 unspecified atom stereocenters. The first-order valence-corrected chi connectivity index (χ1v) is 10.5. The van der Waals surface area contributed by atoms with Gasteiger partial charge in [0.1, 0.15) is 13.2 Å². The summed E-state index contributed by atoms with van der Waals surface area (Å²) in [5.41, 5.74) is 0.949. The summed E-state index contributed by atoms with van der Waals surface area (Å²) in [5.74, 6) is 0.853. The minimum absolute atomic E-state index is 0.179. The van der Waals surface area contributed by atoms with Gasteiger partial charge in [0.25, 0.3) is 0 Å². The van der Waals surface area contributed by atoms with Crippen LogP contribution in [0.25, 0.3) is 0 Å². The van der Waals surface area contributed by atoms with Crippen LogP contribution in [0.5, 0.6) is 0 Å². The second-order valence-electron chi connectivity index (χ2n) is 7.15. The highest BCUT2D eigenvalue weighted by molar-refractivity contribution is 5.76. The molecule has 1 amide bonds. The van der Waals surface area contributed by atoms with Crippen molar-refractivity contribution in [1.29, 1.82) is 0 Å². The van der Waals surface area contributed by atoms with Crippen molar-refractivity contribution in [2.24, 2.45) is 4.99 Å². The van der Waals surface area contributed by atoms with E-state index in [1.165, 1.54) is 6.42 Å². The van der Waals surface area contributed by atoms with E-state index < -0.39 is 6.09 Å². The largest absolute Gasteiger partial charge is 0.484 e. The molecule has 1 aliphatic rings. The van der Waals surface area contributed by atoms with Crippen molar-refractivity contribution >= 4 is 12.0 Å². The molecule has 0 saturated heterocycles. The van der Waals surface area contributed by atoms with Crippen LogP contribution in [0.1, 0.15) is 57.4 Å². The van der Waals surface area contributed by atoms with Crippen molar-refractivity contribution in [2.75, 3.05) is 20.3 Å². The van der Waals surface area contributed by atoms with E-state index in [-0.39, 0.29) is 25.3 Å². The third kappa shape index (κ3) is 9.76. The Hall–Kier alpha value is -2.12. The zero-order valence-electron chi connectivity index (χ0n) is 17.6. The van der Waals surface area contributed by atoms with Gasteiger partial charge in [0.05, 0.1) is 25.8 Å². The molecular weight excluding hydrogens is 372 g/mol. The van der Waals surface area contributed by atoms with Gasteiger partial charge >= 0.3 is 6.09 Å². The van der Waals surface area contributed by atoms with Gasteiger partial charge in [-0.25, -0.2) is 14.6 Å². The Labute approximate surface area is 173 Å². The minimum Gasteiger partial charge on any atom is -0.484 e. The molecule has 0 aliphatic carbocycles. The Bertz CT molecular complexity index is 608. The molecule has 0 bridgehead atoms. The van der Waals surface area contributed by atoms with Crippen LogP contribution in [0.15, 0.2) is 35.3 Å². The Morgan fingerprint density at radius 3 is 2.83 bits per heavy atom. The minimum atomic E-state index is -0.451. The predicted molar refractivity (Wildman–Crippen MR) is 112 cm³/mol. The number of hydrogen-bond donors (Lipinski definition) is 1. The summed E-state index contributed by atoms with van der Waals surface area (Å²) in [6.45, 7) is 2.84. The Balaban J connectivity index is 1.77. The van der Waals surface area contributed by atoms with Gasteiger partial charge in [0, 0.05) is 6.42 Å². The fourth-order valence-electron chi connectivity index (χ4n) is 3.29. The van der Waals surface area contributed by atoms with Crippen molar-refractivity contribution < 1.29 is 24.0 Å². The number of carbonyl (C=O) groups excluding carboxylic acids is 1. The van der Waals surface area contributed by atoms with Crippen LogP contribution < -0.4 is 5.32 Å². The molecule has 2 atom stereocenters. The summed E-state index contributed by atoms with van der Waals surface area (Å²) >= 11 is 0. The first kappa shape index (κ1) is 23.2. The fraction of sp³-hybridized carbons (Fsp3) is 0.636. The zero-order valence-corrected chi connectivity index (χ0v) is 17.6. The topological polar surface area (TPSA) is 78.4 Å². The number of carbonyl (C=O) groups is 1. The van der Waals surface area contributed by atoms with Gasteiger partial charge in [0.15, 0.2) is 5.90 Å². The van der Waals surface area contributed by atoms with Gasteiger partial charge < -0.3 is 14.8 Å². The van der Waals surface area contributed by atoms with Gasteiger partial charge in [-0.1, -0.05) is 36.8 Å². The first-order valence-electron chi connectivity index (χ1n) is 10.5. The summed E-state index contributed by atoms with van der Waals surface area (Å²) in [5, 5.41) is 2.89. The van der Waals surface area contributed by atoms with Crippen molar-refractivity contribution in [3.05, 3.63) is 35.9 Å². The summed E-state index contributed by atoms with van der Waals surface area (Å²) in [7, 11) is 1.69. The lowest BCUT2D eigenvalue weighted by Crippen LogP contribution is -2.38. The molecule has 1 aliphatic heterocycles. The standard InChI is InChI=1S/C22H34N2O5/c1-3-28-29-17-20(24-22(25)27-16-18-10-5-4-6-11-18)14-9-13-19-12-7-8-15-21(23-19)26-2/h4-6,10-11,19-20H,3,7-9,12-17H2,1-2H3,(H,24,25). The normalized spacial score (nSPS) is 17.7. The molecule has 0 fully saturated rings. The van der Waals surface area contributed by atoms with E-state index in [9.17, 15) is 4.79 Å². The van der Waals surface area contributed by atoms with E-state index in [0.717, 1.165) is 50.0 Å². The number of aliphatic imine (C=N–C) groups is 1. The maximum absolute atomic E-state index is 12.2. The predicted octanol–water partition coefficient (Wildman–Crippen LogP) is 4.41. The van der Waals surface area contributed by atoms with Crippen molar-refractivity contribution in [2.45, 2.75) is 70.6 Å². The summed E-state index contributed by atoms with van der Waals surface area (Å²) in [4.78, 5) is 27.1. The summed E-state index contributed by atoms with van der Waals surface area (Å²) in [6.07, 6.45) is 6.50. The molecule has 1 heterocycles. The van der Waals surface area contributed by atoms with E-state index >= 15 is 0 Å². The van der Waals surface area contributed by atoms with Crippen LogP contribution >= 0.6 is 0 Å². The fourth-order valence-corrected chi connectivity index (χ4v) is 3.29. The number of hydrogen-bond acceptors (Lipinski definition) is 6. The van der Waals surface area contributed by atoms with Gasteiger partial charge in [-0.15, -0.1) is 0 Å². The monoisotopic (exact) mass is 406 g/mol. The van der Waals surface area contributed by atoms with E-state index in [2.05, 4.69) is 5.32 Å². The highest BCUT2D eigenvalue weighted by Gasteiger charge is 2.17. The number of nitrogens with zero attached hydrogens (tertiary/aromatic N) is 1. The molecule has 7 nitrogen and oxygen atoms in total. The van der Waals surface area contributed by atoms with Crippen molar-refractivity contribution in [1.82, 2.24) is 5.32 Å². The summed E-state index contributed by atoms with van der Waals surface area (Å²) in [6, 6.07) is 9.71. The Kier molecular flexibility index (Phi) is 11.1. The van der Waals surface area contributed by atoms with E-state index in [1.807, 2.05) is 37.3 Å². The third-order valence-electron chi connectivity index (χ3n) is 4.84. The first-order chi connectivity index (χ1) is 14.2. The second-order valence-corrected chi connectivity index (χ2v) is 7.15. The maximum Gasteiger partial charge on any atom is 0.407 e. The van der Waals surface area contributed by atoms with E-state index in [1.54, 1.807) is 7.11 Å². The zero-order chi connectivity index (χ0) is 20.7. The lowest BCUT2D eigenvalue weighted by atomic mass is 10.0. The highest BCUT2D eigenvalue weighted by Crippen LogP contribution is 2.19. The Morgan fingerprint density at radius 1 is 1.24 bits per heavy atom. The molecule has 1 aromatic rings. The lowest BCUT2D eigenvalue weighted by Gasteiger charge is -2.19. The van der Waals surface area contributed by atoms with Gasteiger partial charge in [-0.2, -0.15) is 0 Å². The number of nitrogens with one attached hydrogen (secondary N) is 1. The molecule has 2 rings (SSSR count). The summed E-state index contributed by atoms with van der Waals surface area (Å²) < 4.78 is 10.7. The number of benzene rings is 1. The second kappa shape index (κ2) is 14.0. The van der Waals surface area contributed by atoms with Crippen molar-refractivity contribution in [3.63, 3.8) is 0 Å². The molecular formula is C22H34N2O5. The van der Waals surface area contributed by atoms with Crippen LogP contribution in [-0.4, -0.2) is 44.4 Å². The highest BCUT2D eigenvalue weighted by atomic mass is 17.2. The molecule has 1 N–H and O–H groups in total. The third-order valence-corrected chi connectivity index (χ3v) is 4.84. The maximum atomic E-state index is 12.2. The lowest BCUT2D eigenvalue weighted by molar-refractivity contribution is -0.294. The molecule has 7 heteroatoms. The number of amides is 1. The van der Waals surface area contributed by atoms with Crippen LogP contribution in [0.3, 0.4) is 0 Å². The van der Waals surface area contributed by atoms with Gasteiger partial charge in [0.2, 0.25) is 0 Å². The van der Waals surface area contributed by atoms with Gasteiger partial charge in [-0.05, 0) is 44.6 Å². The van der Waals surface area contributed by atoms with Crippen LogP contribution in [0.2, 0.25) is 0 Å². The molecule has 0 aromatic heterocycles. The quantitative estimate of drug-likeness (QED) is 0.335. The average molecular weight is 407 g/mol. The average Bonchev–Trinajstić information content (AvgIpc) is 2.98. The Morgan fingerprint density at radius 2 is 2.07 bits per heavy atom. The molecule has 162 valence electrons. The van der Waals surface area contributed by atoms with Crippen LogP contribution in [0, 0.1) is 0 Å². The molecule has 0 radical (unpaired) electrons. The number of alkyl carbamates (subject to hydrolysis) is 1. The van der Waals surface area contributed by atoms with Crippen LogP contribution in [-0.2, 0) is 25.9 Å². The molecule has 1 aromatic carbocycles. The number of methoxy groups -OCH3 is 1. The van der Waals surface area contributed by atoms with Gasteiger partial charge in [-0.3, -0.25) is 4.99 Å². The molecule has 29 heavy (non-hydrogen) atoms. The van der Waals surface area contributed by atoms with E-state index in [4.69, 9.17) is 24.2 Å². The smallest absolute Gasteiger partial charge is 0.407 e. The number of ether oxygens (including phenoxy) is 2. The van der Waals surface area contributed by atoms with Crippen molar-refractivity contribution in [3.8, 4) is 0 Å². The molecule has 0 spiro atoms. The number of rotatable bonds is 11. The SMILES string of the molecule is CCOOCC(CCCC1CCCCC(OC)=N1)NC(=O)OCc1ccccc1.